The molecule has 2 unspecified atom stereocenters. The molecule has 2 aliphatic heterocycles. The standard InChI is InChI=1S/C18H21Cl2N5OS/c19-12-3-1-2-11(15(12)20)16-17(22)24-14(10-23-16)25-7-5-18(6-8-25)13(21)4-9-27(18)26/h1-3,10,13H,4-9,21H2,(H2,22,24). The summed E-state index contributed by atoms with van der Waals surface area (Å²) >= 11 is 11.5. The van der Waals surface area contributed by atoms with E-state index in [1.54, 1.807) is 18.3 Å². The van der Waals surface area contributed by atoms with Crippen LogP contribution in [0.4, 0.5) is 11.6 Å². The van der Waals surface area contributed by atoms with Crippen molar-refractivity contribution in [3.8, 4) is 11.3 Å². The number of nitrogens with zero attached hydrogens (tertiary/aromatic N) is 3. The molecule has 1 aromatic carbocycles. The molecule has 0 amide bonds. The maximum absolute atomic E-state index is 12.5. The van der Waals surface area contributed by atoms with Crippen molar-refractivity contribution in [1.29, 1.82) is 0 Å². The molecule has 2 saturated heterocycles. The molecule has 0 bridgehead atoms. The van der Waals surface area contributed by atoms with E-state index in [2.05, 4.69) is 14.9 Å². The Morgan fingerprint density at radius 1 is 1.26 bits per heavy atom. The Bertz CT molecular complexity index is 848. The van der Waals surface area contributed by atoms with Gasteiger partial charge >= 0.3 is 0 Å². The summed E-state index contributed by atoms with van der Waals surface area (Å²) in [4.78, 5) is 11.1. The molecule has 0 aliphatic carbocycles. The van der Waals surface area contributed by atoms with Crippen LogP contribution < -0.4 is 16.4 Å². The minimum atomic E-state index is -0.847. The van der Waals surface area contributed by atoms with E-state index in [0.29, 0.717) is 38.7 Å². The number of nitrogen functional groups attached to an aromatic ring is 1. The molecule has 3 heterocycles. The first-order chi connectivity index (χ1) is 12.9. The van der Waals surface area contributed by atoms with Crippen LogP contribution in [0.5, 0.6) is 0 Å². The number of benzene rings is 1. The highest BCUT2D eigenvalue weighted by Crippen LogP contribution is 2.41. The van der Waals surface area contributed by atoms with Crippen LogP contribution in [0.2, 0.25) is 10.0 Å². The molecule has 0 radical (unpaired) electrons. The van der Waals surface area contributed by atoms with Gasteiger partial charge in [-0.25, -0.2) is 9.97 Å². The van der Waals surface area contributed by atoms with Gasteiger partial charge in [0.05, 0.1) is 22.3 Å². The molecule has 2 fully saturated rings. The number of hydrogen-bond acceptors (Lipinski definition) is 6. The normalized spacial score (nSPS) is 24.5. The Morgan fingerprint density at radius 2 is 2.00 bits per heavy atom. The molecule has 2 aromatic rings. The average Bonchev–Trinajstić information content (AvgIpc) is 2.93. The Hall–Kier alpha value is -1.25. The number of aromatic nitrogens is 2. The molecule has 4 rings (SSSR count). The third kappa shape index (κ3) is 3.25. The van der Waals surface area contributed by atoms with Crippen molar-refractivity contribution in [3.63, 3.8) is 0 Å². The summed E-state index contributed by atoms with van der Waals surface area (Å²) < 4.78 is 12.2. The zero-order valence-corrected chi connectivity index (χ0v) is 17.0. The van der Waals surface area contributed by atoms with E-state index < -0.39 is 11.2 Å². The monoisotopic (exact) mass is 425 g/mol. The van der Waals surface area contributed by atoms with Gasteiger partial charge in [0.25, 0.3) is 0 Å². The van der Waals surface area contributed by atoms with Crippen molar-refractivity contribution in [2.45, 2.75) is 30.1 Å². The fourth-order valence-electron chi connectivity index (χ4n) is 4.02. The van der Waals surface area contributed by atoms with Crippen LogP contribution in [0.3, 0.4) is 0 Å². The van der Waals surface area contributed by atoms with Gasteiger partial charge in [0, 0.05) is 37.9 Å². The van der Waals surface area contributed by atoms with Crippen molar-refractivity contribution in [2.24, 2.45) is 5.73 Å². The zero-order chi connectivity index (χ0) is 19.2. The Labute approximate surface area is 171 Å². The summed E-state index contributed by atoms with van der Waals surface area (Å²) in [6.07, 6.45) is 4.13. The molecule has 27 heavy (non-hydrogen) atoms. The molecule has 0 saturated carbocycles. The molecule has 2 aliphatic rings. The summed E-state index contributed by atoms with van der Waals surface area (Å²) in [6.45, 7) is 1.48. The largest absolute Gasteiger partial charge is 0.616 e. The fourth-order valence-corrected chi connectivity index (χ4v) is 6.38. The van der Waals surface area contributed by atoms with Crippen LogP contribution in [0.1, 0.15) is 19.3 Å². The Morgan fingerprint density at radius 3 is 2.63 bits per heavy atom. The van der Waals surface area contributed by atoms with E-state index in [1.807, 2.05) is 6.07 Å². The van der Waals surface area contributed by atoms with Gasteiger partial charge in [-0.2, -0.15) is 0 Å². The molecular formula is C18H21Cl2N5OS. The van der Waals surface area contributed by atoms with Gasteiger partial charge in [-0.1, -0.05) is 35.3 Å². The van der Waals surface area contributed by atoms with E-state index in [1.165, 1.54) is 0 Å². The van der Waals surface area contributed by atoms with Gasteiger partial charge in [0.1, 0.15) is 22.0 Å². The number of rotatable bonds is 2. The predicted molar refractivity (Wildman–Crippen MR) is 112 cm³/mol. The Kier molecular flexibility index (Phi) is 5.16. The minimum Gasteiger partial charge on any atom is -0.616 e. The van der Waals surface area contributed by atoms with Gasteiger partial charge in [-0.05, 0) is 17.2 Å². The minimum absolute atomic E-state index is 0.0176. The highest BCUT2D eigenvalue weighted by Gasteiger charge is 2.54. The summed E-state index contributed by atoms with van der Waals surface area (Å²) in [5, 5.41) is 0.854. The van der Waals surface area contributed by atoms with Crippen molar-refractivity contribution < 1.29 is 4.55 Å². The topological polar surface area (TPSA) is 104 Å². The number of halogens is 2. The highest BCUT2D eigenvalue weighted by molar-refractivity contribution is 7.93. The summed E-state index contributed by atoms with van der Waals surface area (Å²) in [7, 11) is 0. The van der Waals surface area contributed by atoms with Crippen LogP contribution in [-0.2, 0) is 11.2 Å². The second-order valence-corrected chi connectivity index (χ2v) is 9.76. The second-order valence-electron chi connectivity index (χ2n) is 7.06. The first-order valence-electron chi connectivity index (χ1n) is 8.88. The number of piperidine rings is 1. The van der Waals surface area contributed by atoms with Crippen molar-refractivity contribution in [3.05, 3.63) is 34.4 Å². The molecule has 6 nitrogen and oxygen atoms in total. The summed E-state index contributed by atoms with van der Waals surface area (Å²) in [5.74, 6) is 1.72. The lowest BCUT2D eigenvalue weighted by atomic mass is 9.88. The van der Waals surface area contributed by atoms with Gasteiger partial charge < -0.3 is 20.9 Å². The predicted octanol–water partition coefficient (Wildman–Crippen LogP) is 2.85. The smallest absolute Gasteiger partial charge is 0.152 e. The van der Waals surface area contributed by atoms with Crippen LogP contribution in [-0.4, -0.2) is 44.2 Å². The van der Waals surface area contributed by atoms with E-state index in [9.17, 15) is 4.55 Å². The van der Waals surface area contributed by atoms with Crippen LogP contribution in [0, 0.1) is 0 Å². The highest BCUT2D eigenvalue weighted by atomic mass is 35.5. The second kappa shape index (κ2) is 7.29. The van der Waals surface area contributed by atoms with Gasteiger partial charge in [-0.15, -0.1) is 0 Å². The number of hydrogen-bond donors (Lipinski definition) is 2. The van der Waals surface area contributed by atoms with Crippen molar-refractivity contribution in [1.82, 2.24) is 9.97 Å². The molecule has 1 spiro atoms. The molecule has 144 valence electrons. The van der Waals surface area contributed by atoms with E-state index >= 15 is 0 Å². The maximum Gasteiger partial charge on any atom is 0.152 e. The molecule has 9 heteroatoms. The lowest BCUT2D eigenvalue weighted by Gasteiger charge is -2.41. The molecule has 1 aromatic heterocycles. The van der Waals surface area contributed by atoms with E-state index in [-0.39, 0.29) is 10.8 Å². The lowest BCUT2D eigenvalue weighted by Crippen LogP contribution is -2.55. The number of anilines is 2. The first-order valence-corrected chi connectivity index (χ1v) is 11.0. The zero-order valence-electron chi connectivity index (χ0n) is 14.7. The number of nitrogens with two attached hydrogens (primary N) is 2. The van der Waals surface area contributed by atoms with E-state index in [0.717, 1.165) is 32.4 Å². The SMILES string of the molecule is Nc1nc(N2CCC3(CC2)C(N)CC[S+]3[O-])cnc1-c1cccc(Cl)c1Cl. The molecular weight excluding hydrogens is 405 g/mol. The van der Waals surface area contributed by atoms with Crippen LogP contribution in [0.15, 0.2) is 24.4 Å². The molecule has 4 N–H and O–H groups in total. The van der Waals surface area contributed by atoms with Crippen molar-refractivity contribution >= 4 is 46.0 Å². The summed E-state index contributed by atoms with van der Waals surface area (Å²) in [6, 6.07) is 5.35. The summed E-state index contributed by atoms with van der Waals surface area (Å²) in [5.41, 5.74) is 13.6. The van der Waals surface area contributed by atoms with Gasteiger partial charge in [0.15, 0.2) is 5.82 Å². The maximum atomic E-state index is 12.5. The average molecular weight is 426 g/mol. The van der Waals surface area contributed by atoms with Crippen LogP contribution in [0.25, 0.3) is 11.3 Å². The van der Waals surface area contributed by atoms with E-state index in [4.69, 9.17) is 34.7 Å². The third-order valence-corrected chi connectivity index (χ3v) is 8.71. The Balaban J connectivity index is 1.55. The first kappa shape index (κ1) is 19.1. The van der Waals surface area contributed by atoms with Gasteiger partial charge in [0.2, 0.25) is 0 Å². The van der Waals surface area contributed by atoms with Gasteiger partial charge in [-0.3, -0.25) is 0 Å². The van der Waals surface area contributed by atoms with Crippen molar-refractivity contribution in [2.75, 3.05) is 29.5 Å². The van der Waals surface area contributed by atoms with Crippen LogP contribution >= 0.6 is 23.2 Å². The molecule has 2 atom stereocenters. The lowest BCUT2D eigenvalue weighted by molar-refractivity contribution is 0.373. The fraction of sp³-hybridized carbons (Fsp3) is 0.444. The quantitative estimate of drug-likeness (QED) is 0.716. The third-order valence-electron chi connectivity index (χ3n) is 5.67.